The molecule has 0 radical (unpaired) electrons. The highest BCUT2D eigenvalue weighted by Gasteiger charge is 2.48. The predicted molar refractivity (Wildman–Crippen MR) is 123 cm³/mol. The van der Waals surface area contributed by atoms with Crippen molar-refractivity contribution in [3.8, 4) is 22.8 Å². The van der Waals surface area contributed by atoms with Crippen molar-refractivity contribution in [2.24, 2.45) is 0 Å². The number of nitrogens with one attached hydrogen (secondary N) is 1. The molecule has 2 aliphatic heterocycles. The zero-order valence-corrected chi connectivity index (χ0v) is 19.0. The average Bonchev–Trinajstić information content (AvgIpc) is 3.46. The molecular formula is C24H25N3O5S. The number of benzene rings is 2. The third-order valence-corrected chi connectivity index (χ3v) is 7.98. The molecule has 2 aliphatic rings. The number of aromatic amines is 1. The Bertz CT molecular complexity index is 1300. The predicted octanol–water partition coefficient (Wildman–Crippen LogP) is 3.30. The maximum Gasteiger partial charge on any atom is 0.273 e. The number of ether oxygens (including phenoxy) is 1. The van der Waals surface area contributed by atoms with Crippen molar-refractivity contribution in [2.45, 2.75) is 31.8 Å². The highest BCUT2D eigenvalue weighted by molar-refractivity contribution is 7.91. The fraction of sp³-hybridized carbons (Fsp3) is 0.333. The maximum absolute atomic E-state index is 13.5. The maximum atomic E-state index is 13.5. The SMILES string of the molecule is CCCOc1ccc(C2c3c(-c4ccccc4O)n[nH]c3C(=O)N2C2CCS(=O)(=O)C2)cc1. The fourth-order valence-corrected chi connectivity index (χ4v) is 6.42. The van der Waals surface area contributed by atoms with Crippen molar-refractivity contribution < 1.29 is 23.1 Å². The number of aromatic hydroxyl groups is 1. The third-order valence-electron chi connectivity index (χ3n) is 6.23. The van der Waals surface area contributed by atoms with Gasteiger partial charge in [-0.1, -0.05) is 31.2 Å². The lowest BCUT2D eigenvalue weighted by atomic mass is 9.95. The van der Waals surface area contributed by atoms with Crippen molar-refractivity contribution in [3.63, 3.8) is 0 Å². The third kappa shape index (κ3) is 3.76. The minimum Gasteiger partial charge on any atom is -0.507 e. The summed E-state index contributed by atoms with van der Waals surface area (Å²) < 4.78 is 30.2. The highest BCUT2D eigenvalue weighted by atomic mass is 32.2. The van der Waals surface area contributed by atoms with Gasteiger partial charge in [0.15, 0.2) is 9.84 Å². The zero-order chi connectivity index (χ0) is 23.2. The Labute approximate surface area is 192 Å². The first-order valence-electron chi connectivity index (χ1n) is 11.0. The first-order valence-corrected chi connectivity index (χ1v) is 12.8. The summed E-state index contributed by atoms with van der Waals surface area (Å²) in [5.74, 6) is 0.515. The summed E-state index contributed by atoms with van der Waals surface area (Å²) in [6, 6.07) is 13.4. The first kappa shape index (κ1) is 21.5. The Kier molecular flexibility index (Phi) is 5.36. The summed E-state index contributed by atoms with van der Waals surface area (Å²) in [4.78, 5) is 15.2. The lowest BCUT2D eigenvalue weighted by Gasteiger charge is -2.31. The topological polar surface area (TPSA) is 113 Å². The molecule has 1 fully saturated rings. The Balaban J connectivity index is 1.62. The minimum atomic E-state index is -3.20. The molecule has 0 aliphatic carbocycles. The Hall–Kier alpha value is -3.33. The van der Waals surface area contributed by atoms with Crippen molar-refractivity contribution in [1.29, 1.82) is 0 Å². The minimum absolute atomic E-state index is 0.0585. The monoisotopic (exact) mass is 467 g/mol. The Morgan fingerprint density at radius 1 is 1.18 bits per heavy atom. The zero-order valence-electron chi connectivity index (χ0n) is 18.2. The number of phenols is 1. The standard InChI is InChI=1S/C24H25N3O5S/c1-2-12-32-17-9-7-15(8-10-17)23-20-21(18-5-3-4-6-19(18)28)25-26-22(20)24(29)27(23)16-11-13-33(30,31)14-16/h3-10,16,23,28H,2,11-14H2,1H3,(H,25,26). The van der Waals surface area contributed by atoms with E-state index in [9.17, 15) is 18.3 Å². The molecule has 3 aromatic rings. The second-order valence-electron chi connectivity index (χ2n) is 8.47. The summed E-state index contributed by atoms with van der Waals surface area (Å²) in [6.45, 7) is 2.64. The van der Waals surface area contributed by atoms with Crippen LogP contribution in [0.4, 0.5) is 0 Å². The van der Waals surface area contributed by atoms with Crippen LogP contribution in [0.25, 0.3) is 11.3 Å². The van der Waals surface area contributed by atoms with Gasteiger partial charge in [0.2, 0.25) is 0 Å². The smallest absolute Gasteiger partial charge is 0.273 e. The van der Waals surface area contributed by atoms with E-state index < -0.39 is 21.9 Å². The number of hydrogen-bond donors (Lipinski definition) is 2. The van der Waals surface area contributed by atoms with Gasteiger partial charge < -0.3 is 14.7 Å². The van der Waals surface area contributed by atoms with E-state index in [-0.39, 0.29) is 23.2 Å². The number of phenolic OH excluding ortho intramolecular Hbond substituents is 1. The molecule has 3 heterocycles. The van der Waals surface area contributed by atoms with Crippen LogP contribution in [-0.2, 0) is 9.84 Å². The van der Waals surface area contributed by atoms with Gasteiger partial charge in [0.25, 0.3) is 5.91 Å². The van der Waals surface area contributed by atoms with Crippen molar-refractivity contribution in [3.05, 3.63) is 65.4 Å². The lowest BCUT2D eigenvalue weighted by Crippen LogP contribution is -2.40. The average molecular weight is 468 g/mol. The molecule has 172 valence electrons. The van der Waals surface area contributed by atoms with Gasteiger partial charge in [0, 0.05) is 17.2 Å². The van der Waals surface area contributed by atoms with Gasteiger partial charge in [-0.3, -0.25) is 9.89 Å². The van der Waals surface area contributed by atoms with E-state index >= 15 is 0 Å². The van der Waals surface area contributed by atoms with E-state index in [1.807, 2.05) is 31.2 Å². The van der Waals surface area contributed by atoms with Crippen molar-refractivity contribution >= 4 is 15.7 Å². The van der Waals surface area contributed by atoms with E-state index in [1.165, 1.54) is 0 Å². The lowest BCUT2D eigenvalue weighted by molar-refractivity contribution is 0.0677. The molecule has 1 saturated heterocycles. The number of aromatic nitrogens is 2. The molecule has 33 heavy (non-hydrogen) atoms. The van der Waals surface area contributed by atoms with Gasteiger partial charge >= 0.3 is 0 Å². The van der Waals surface area contributed by atoms with Crippen LogP contribution in [0.5, 0.6) is 11.5 Å². The molecule has 9 heteroatoms. The number of carbonyl (C=O) groups excluding carboxylic acids is 1. The summed E-state index contributed by atoms with van der Waals surface area (Å²) in [5.41, 5.74) is 2.79. The van der Waals surface area contributed by atoms with Crippen molar-refractivity contribution in [2.75, 3.05) is 18.1 Å². The number of para-hydroxylation sites is 1. The molecule has 0 saturated carbocycles. The number of sulfone groups is 1. The van der Waals surface area contributed by atoms with Crippen LogP contribution in [0, 0.1) is 0 Å². The fourth-order valence-electron chi connectivity index (χ4n) is 4.71. The molecule has 2 atom stereocenters. The molecule has 0 bridgehead atoms. The van der Waals surface area contributed by atoms with E-state index in [4.69, 9.17) is 4.74 Å². The van der Waals surface area contributed by atoms with Crippen LogP contribution in [0.3, 0.4) is 0 Å². The van der Waals surface area contributed by atoms with Gasteiger partial charge in [-0.2, -0.15) is 5.10 Å². The number of nitrogens with zero attached hydrogens (tertiary/aromatic N) is 2. The molecule has 0 spiro atoms. The number of amides is 1. The number of carbonyl (C=O) groups is 1. The molecule has 8 nitrogen and oxygen atoms in total. The molecular weight excluding hydrogens is 442 g/mol. The van der Waals surface area contributed by atoms with E-state index in [1.54, 1.807) is 29.2 Å². The number of fused-ring (bicyclic) bond motifs is 1. The molecule has 2 aromatic carbocycles. The van der Waals surface area contributed by atoms with Crippen LogP contribution in [0.15, 0.2) is 48.5 Å². The van der Waals surface area contributed by atoms with Crippen molar-refractivity contribution in [1.82, 2.24) is 15.1 Å². The largest absolute Gasteiger partial charge is 0.507 e. The Morgan fingerprint density at radius 3 is 2.61 bits per heavy atom. The molecule has 2 N–H and O–H groups in total. The summed E-state index contributed by atoms with van der Waals surface area (Å²) in [5, 5.41) is 17.7. The number of hydrogen-bond acceptors (Lipinski definition) is 6. The van der Waals surface area contributed by atoms with Crippen LogP contribution in [0.1, 0.15) is 47.4 Å². The molecule has 1 aromatic heterocycles. The normalized spacial score (nSPS) is 21.4. The summed E-state index contributed by atoms with van der Waals surface area (Å²) >= 11 is 0. The van der Waals surface area contributed by atoms with Crippen LogP contribution in [0.2, 0.25) is 0 Å². The van der Waals surface area contributed by atoms with E-state index in [0.717, 1.165) is 17.7 Å². The van der Waals surface area contributed by atoms with Gasteiger partial charge in [-0.25, -0.2) is 8.42 Å². The first-order chi connectivity index (χ1) is 15.9. The molecule has 5 rings (SSSR count). The molecule has 1 amide bonds. The van der Waals surface area contributed by atoms with Gasteiger partial charge in [0.1, 0.15) is 22.9 Å². The number of rotatable bonds is 6. The van der Waals surface area contributed by atoms with E-state index in [2.05, 4.69) is 10.2 Å². The highest BCUT2D eigenvalue weighted by Crippen LogP contribution is 2.46. The van der Waals surface area contributed by atoms with E-state index in [0.29, 0.717) is 35.5 Å². The van der Waals surface area contributed by atoms with Crippen LogP contribution in [-0.4, -0.2) is 58.7 Å². The van der Waals surface area contributed by atoms with Crippen LogP contribution >= 0.6 is 0 Å². The van der Waals surface area contributed by atoms with Crippen LogP contribution < -0.4 is 4.74 Å². The Morgan fingerprint density at radius 2 is 1.94 bits per heavy atom. The van der Waals surface area contributed by atoms with Gasteiger partial charge in [-0.15, -0.1) is 0 Å². The van der Waals surface area contributed by atoms with Gasteiger partial charge in [0.05, 0.1) is 24.2 Å². The van der Waals surface area contributed by atoms with Gasteiger partial charge in [-0.05, 0) is 42.7 Å². The second kappa shape index (κ2) is 8.22. The molecule has 2 unspecified atom stereocenters. The quantitative estimate of drug-likeness (QED) is 0.575. The second-order valence-corrected chi connectivity index (χ2v) is 10.7. The summed E-state index contributed by atoms with van der Waals surface area (Å²) in [6.07, 6.45) is 1.29. The summed E-state index contributed by atoms with van der Waals surface area (Å²) in [7, 11) is -3.20. The number of H-pyrrole nitrogens is 1.